The highest BCUT2D eigenvalue weighted by Gasteiger charge is 2.58. The monoisotopic (exact) mass is 331 g/mol. The molecule has 3 rings (SSSR count). The zero-order valence-corrected chi connectivity index (χ0v) is 13.3. The third-order valence-electron chi connectivity index (χ3n) is 4.45. The van der Waals surface area contributed by atoms with E-state index in [2.05, 4.69) is 10.3 Å². The van der Waals surface area contributed by atoms with Crippen molar-refractivity contribution in [3.63, 3.8) is 0 Å². The predicted molar refractivity (Wildman–Crippen MR) is 87.0 cm³/mol. The number of rotatable bonds is 7. The second kappa shape index (κ2) is 6.20. The Labute approximate surface area is 139 Å². The Bertz CT molecular complexity index is 665. The summed E-state index contributed by atoms with van der Waals surface area (Å²) in [5.74, 6) is -0.661. The van der Waals surface area contributed by atoms with Gasteiger partial charge in [-0.15, -0.1) is 0 Å². The minimum Gasteiger partial charge on any atom is -0.369 e. The number of primary amides is 1. The molecule has 1 heterocycles. The zero-order chi connectivity index (χ0) is 17.3. The molecule has 0 radical (unpaired) electrons. The topological polar surface area (TPSA) is 131 Å². The zero-order valence-electron chi connectivity index (χ0n) is 13.3. The average Bonchev–Trinajstić information content (AvgIpc) is 3.46. The van der Waals surface area contributed by atoms with Gasteiger partial charge in [-0.05, 0) is 37.8 Å². The average molecular weight is 331 g/mol. The number of carbonyl (C=O) groups excluding carboxylic acids is 3. The van der Waals surface area contributed by atoms with E-state index in [0.29, 0.717) is 37.3 Å². The smallest absolute Gasteiger partial charge is 0.252 e. The van der Waals surface area contributed by atoms with Crippen molar-refractivity contribution in [1.82, 2.24) is 10.3 Å². The second-order valence-corrected chi connectivity index (χ2v) is 6.30. The number of hydrogen-bond donors (Lipinski definition) is 3. The molecule has 1 aromatic rings. The summed E-state index contributed by atoms with van der Waals surface area (Å²) < 4.78 is 0. The molecular weight excluding hydrogens is 310 g/mol. The molecular formula is C16H21N5O3. The van der Waals surface area contributed by atoms with Crippen LogP contribution in [0.3, 0.4) is 0 Å². The third-order valence-corrected chi connectivity index (χ3v) is 4.45. The third kappa shape index (κ3) is 2.96. The summed E-state index contributed by atoms with van der Waals surface area (Å²) in [5.41, 5.74) is 10.1. The van der Waals surface area contributed by atoms with E-state index in [4.69, 9.17) is 11.5 Å². The van der Waals surface area contributed by atoms with Crippen LogP contribution in [0.15, 0.2) is 18.3 Å². The molecule has 0 unspecified atom stereocenters. The highest BCUT2D eigenvalue weighted by molar-refractivity contribution is 6.13. The minimum atomic E-state index is -1.07. The van der Waals surface area contributed by atoms with E-state index >= 15 is 0 Å². The molecule has 3 amide bonds. The highest BCUT2D eigenvalue weighted by Crippen LogP contribution is 2.49. The van der Waals surface area contributed by atoms with Gasteiger partial charge < -0.3 is 16.8 Å². The lowest BCUT2D eigenvalue weighted by molar-refractivity contribution is -0.133. The quantitative estimate of drug-likeness (QED) is 0.581. The van der Waals surface area contributed by atoms with Gasteiger partial charge in [0.25, 0.3) is 5.91 Å². The first-order chi connectivity index (χ1) is 11.5. The van der Waals surface area contributed by atoms with Crippen LogP contribution in [0.1, 0.15) is 36.0 Å². The van der Waals surface area contributed by atoms with Crippen LogP contribution >= 0.6 is 0 Å². The first kappa shape index (κ1) is 16.4. The van der Waals surface area contributed by atoms with Crippen molar-refractivity contribution in [3.05, 3.63) is 23.9 Å². The molecule has 0 spiro atoms. The molecule has 0 saturated heterocycles. The lowest BCUT2D eigenvalue weighted by Crippen LogP contribution is -2.45. The highest BCUT2D eigenvalue weighted by atomic mass is 16.2. The molecule has 8 heteroatoms. The number of anilines is 1. The van der Waals surface area contributed by atoms with Gasteiger partial charge in [0.1, 0.15) is 11.2 Å². The maximum atomic E-state index is 12.8. The van der Waals surface area contributed by atoms with Crippen LogP contribution in [0.4, 0.5) is 5.82 Å². The number of nitrogens with zero attached hydrogens (tertiary/aromatic N) is 2. The van der Waals surface area contributed by atoms with Crippen LogP contribution in [0, 0.1) is 5.41 Å². The van der Waals surface area contributed by atoms with E-state index < -0.39 is 11.3 Å². The normalized spacial score (nSPS) is 17.9. The summed E-state index contributed by atoms with van der Waals surface area (Å²) in [6, 6.07) is 3.30. The SMILES string of the molecule is NCCNC(=O)c1ccc(N(C(=O)C2(C(N)=O)CC2)C2CC2)nc1. The number of nitrogens with two attached hydrogens (primary N) is 2. The Morgan fingerprint density at radius 1 is 1.29 bits per heavy atom. The van der Waals surface area contributed by atoms with Crippen LogP contribution in [0.25, 0.3) is 0 Å². The molecule has 0 aliphatic heterocycles. The summed E-state index contributed by atoms with van der Waals surface area (Å²) in [6.45, 7) is 0.741. The standard InChI is InChI=1S/C16H21N5O3/c17-7-8-19-13(22)10-1-4-12(20-9-10)21(11-2-3-11)15(24)16(5-6-16)14(18)23/h1,4,9,11H,2-3,5-8,17H2,(H2,18,23)(H,19,22). The molecule has 0 bridgehead atoms. The first-order valence-electron chi connectivity index (χ1n) is 8.07. The van der Waals surface area contributed by atoms with Gasteiger partial charge in [0, 0.05) is 25.3 Å². The van der Waals surface area contributed by atoms with Gasteiger partial charge >= 0.3 is 0 Å². The van der Waals surface area contributed by atoms with Crippen molar-refractivity contribution in [2.75, 3.05) is 18.0 Å². The maximum absolute atomic E-state index is 12.8. The molecule has 2 aliphatic rings. The van der Waals surface area contributed by atoms with Gasteiger partial charge in [-0.3, -0.25) is 19.3 Å². The Kier molecular flexibility index (Phi) is 4.23. The summed E-state index contributed by atoms with van der Waals surface area (Å²) in [5, 5.41) is 2.66. The van der Waals surface area contributed by atoms with Crippen molar-refractivity contribution < 1.29 is 14.4 Å². The van der Waals surface area contributed by atoms with Crippen LogP contribution in [-0.4, -0.2) is 41.8 Å². The van der Waals surface area contributed by atoms with E-state index in [-0.39, 0.29) is 17.9 Å². The maximum Gasteiger partial charge on any atom is 0.252 e. The van der Waals surface area contributed by atoms with E-state index in [9.17, 15) is 14.4 Å². The van der Waals surface area contributed by atoms with E-state index in [1.807, 2.05) is 0 Å². The first-order valence-corrected chi connectivity index (χ1v) is 8.07. The lowest BCUT2D eigenvalue weighted by Gasteiger charge is -2.25. The summed E-state index contributed by atoms with van der Waals surface area (Å²) in [7, 11) is 0. The fraction of sp³-hybridized carbons (Fsp3) is 0.500. The Morgan fingerprint density at radius 2 is 2.00 bits per heavy atom. The van der Waals surface area contributed by atoms with Crippen LogP contribution in [0.5, 0.6) is 0 Å². The number of carbonyl (C=O) groups is 3. The fourth-order valence-corrected chi connectivity index (χ4v) is 2.66. The molecule has 2 aliphatic carbocycles. The predicted octanol–water partition coefficient (Wildman–Crippen LogP) is -0.469. The number of nitrogens with one attached hydrogen (secondary N) is 1. The van der Waals surface area contributed by atoms with E-state index in [1.165, 1.54) is 6.20 Å². The number of amides is 3. The van der Waals surface area contributed by atoms with Crippen molar-refractivity contribution in [2.45, 2.75) is 31.7 Å². The van der Waals surface area contributed by atoms with Crippen molar-refractivity contribution in [1.29, 1.82) is 0 Å². The molecule has 1 aromatic heterocycles. The minimum absolute atomic E-state index is 0.0544. The second-order valence-electron chi connectivity index (χ2n) is 6.30. The molecule has 2 saturated carbocycles. The lowest BCUT2D eigenvalue weighted by atomic mass is 10.0. The number of aromatic nitrogens is 1. The largest absolute Gasteiger partial charge is 0.369 e. The van der Waals surface area contributed by atoms with Crippen LogP contribution in [-0.2, 0) is 9.59 Å². The van der Waals surface area contributed by atoms with Crippen LogP contribution < -0.4 is 21.7 Å². The molecule has 128 valence electrons. The molecule has 0 aromatic carbocycles. The summed E-state index contributed by atoms with van der Waals surface area (Å²) in [6.07, 6.45) is 4.16. The van der Waals surface area contributed by atoms with Gasteiger partial charge in [0.15, 0.2) is 0 Å². The Balaban J connectivity index is 1.79. The van der Waals surface area contributed by atoms with E-state index in [0.717, 1.165) is 12.8 Å². The molecule has 5 N–H and O–H groups in total. The van der Waals surface area contributed by atoms with Gasteiger partial charge in [0.2, 0.25) is 11.8 Å². The van der Waals surface area contributed by atoms with Crippen molar-refractivity contribution in [2.24, 2.45) is 16.9 Å². The van der Waals surface area contributed by atoms with Crippen molar-refractivity contribution >= 4 is 23.5 Å². The summed E-state index contributed by atoms with van der Waals surface area (Å²) in [4.78, 5) is 42.1. The molecule has 2 fully saturated rings. The Morgan fingerprint density at radius 3 is 2.46 bits per heavy atom. The summed E-state index contributed by atoms with van der Waals surface area (Å²) >= 11 is 0. The van der Waals surface area contributed by atoms with E-state index in [1.54, 1.807) is 17.0 Å². The molecule has 0 atom stereocenters. The number of hydrogen-bond acceptors (Lipinski definition) is 5. The van der Waals surface area contributed by atoms with Crippen molar-refractivity contribution in [3.8, 4) is 0 Å². The fourth-order valence-electron chi connectivity index (χ4n) is 2.66. The van der Waals surface area contributed by atoms with Crippen LogP contribution in [0.2, 0.25) is 0 Å². The van der Waals surface area contributed by atoms with Gasteiger partial charge in [-0.2, -0.15) is 0 Å². The van der Waals surface area contributed by atoms with Gasteiger partial charge in [0.05, 0.1) is 5.56 Å². The number of pyridine rings is 1. The molecule has 24 heavy (non-hydrogen) atoms. The van der Waals surface area contributed by atoms with Gasteiger partial charge in [-0.25, -0.2) is 4.98 Å². The van der Waals surface area contributed by atoms with Gasteiger partial charge in [-0.1, -0.05) is 0 Å². The Hall–Kier alpha value is -2.48. The molecule has 8 nitrogen and oxygen atoms in total.